The summed E-state index contributed by atoms with van der Waals surface area (Å²) in [5, 5.41) is 30.1. The number of nitriles is 1. The zero-order valence-corrected chi connectivity index (χ0v) is 11.9. The number of aromatic hydroxyl groups is 1. The van der Waals surface area contributed by atoms with Gasteiger partial charge in [0.25, 0.3) is 0 Å². The molecule has 0 amide bonds. The minimum Gasteiger partial charge on any atom is -0.500 e. The number of phenolic OH excluding ortho intramolecular Hbond substituents is 1. The molecule has 0 saturated carbocycles. The third-order valence-electron chi connectivity index (χ3n) is 2.98. The summed E-state index contributed by atoms with van der Waals surface area (Å²) < 4.78 is 4.90. The van der Waals surface area contributed by atoms with Gasteiger partial charge in [0.1, 0.15) is 17.3 Å². The second-order valence-electron chi connectivity index (χ2n) is 4.29. The van der Waals surface area contributed by atoms with Crippen molar-refractivity contribution in [3.63, 3.8) is 0 Å². The number of methoxy groups -OCH3 is 1. The van der Waals surface area contributed by atoms with Gasteiger partial charge in [-0.05, 0) is 6.07 Å². The highest BCUT2D eigenvalue weighted by molar-refractivity contribution is 5.95. The van der Waals surface area contributed by atoms with Crippen LogP contribution in [0, 0.1) is 21.4 Å². The highest BCUT2D eigenvalue weighted by Gasteiger charge is 2.22. The Hall–Kier alpha value is -3.67. The van der Waals surface area contributed by atoms with E-state index in [0.29, 0.717) is 0 Å². The van der Waals surface area contributed by atoms with Gasteiger partial charge >= 0.3 is 5.69 Å². The van der Waals surface area contributed by atoms with Gasteiger partial charge in [-0.1, -0.05) is 0 Å². The molecule has 9 heteroatoms. The number of hydrogen-bond acceptors (Lipinski definition) is 8. The molecule has 1 aromatic heterocycles. The Labute approximate surface area is 130 Å². The van der Waals surface area contributed by atoms with Gasteiger partial charge in [-0.2, -0.15) is 5.26 Å². The van der Waals surface area contributed by atoms with E-state index in [0.717, 1.165) is 6.07 Å². The van der Waals surface area contributed by atoms with Crippen molar-refractivity contribution in [1.29, 1.82) is 5.26 Å². The molecule has 0 aliphatic carbocycles. The molecule has 0 spiro atoms. The maximum atomic E-state index is 11.0. The van der Waals surface area contributed by atoms with Crippen LogP contribution in [0.15, 0.2) is 30.7 Å². The summed E-state index contributed by atoms with van der Waals surface area (Å²) in [4.78, 5) is 18.1. The van der Waals surface area contributed by atoms with Crippen molar-refractivity contribution in [2.24, 2.45) is 5.73 Å². The number of nitro benzene ring substituents is 1. The number of nitrogens with zero attached hydrogens (tertiary/aromatic N) is 4. The predicted molar refractivity (Wildman–Crippen MR) is 80.0 cm³/mol. The average Bonchev–Trinajstić information content (AvgIpc) is 2.56. The second kappa shape index (κ2) is 6.40. The minimum atomic E-state index is -0.775. The Bertz CT molecular complexity index is 827. The summed E-state index contributed by atoms with van der Waals surface area (Å²) in [7, 11) is 1.25. The van der Waals surface area contributed by atoms with Crippen LogP contribution in [0.2, 0.25) is 0 Å². The fourth-order valence-corrected chi connectivity index (χ4v) is 1.87. The maximum Gasteiger partial charge on any atom is 0.315 e. The second-order valence-corrected chi connectivity index (χ2v) is 4.29. The first kappa shape index (κ1) is 15.7. The third kappa shape index (κ3) is 3.01. The molecule has 116 valence electrons. The molecule has 0 radical (unpaired) electrons. The Morgan fingerprint density at radius 2 is 2.22 bits per heavy atom. The summed E-state index contributed by atoms with van der Waals surface area (Å²) in [6.07, 6.45) is 4.17. The van der Waals surface area contributed by atoms with E-state index in [1.165, 1.54) is 31.8 Å². The number of nitro groups is 1. The van der Waals surface area contributed by atoms with Gasteiger partial charge in [0.05, 0.1) is 23.9 Å². The Morgan fingerprint density at radius 1 is 1.48 bits per heavy atom. The molecule has 0 aliphatic rings. The van der Waals surface area contributed by atoms with E-state index in [1.807, 2.05) is 6.07 Å². The van der Waals surface area contributed by atoms with Crippen LogP contribution in [0.25, 0.3) is 11.3 Å². The number of aromatic nitrogens is 2. The van der Waals surface area contributed by atoms with Gasteiger partial charge in [0.15, 0.2) is 5.75 Å². The summed E-state index contributed by atoms with van der Waals surface area (Å²) in [6, 6.07) is 4.25. The van der Waals surface area contributed by atoms with Crippen LogP contribution >= 0.6 is 0 Å². The molecule has 0 aliphatic heterocycles. The molecule has 0 saturated heterocycles. The summed E-state index contributed by atoms with van der Waals surface area (Å²) in [5.41, 5.74) is 5.69. The fraction of sp³-hybridized carbons (Fsp3) is 0.0714. The first-order valence-corrected chi connectivity index (χ1v) is 6.21. The number of benzene rings is 1. The van der Waals surface area contributed by atoms with Crippen molar-refractivity contribution in [2.45, 2.75) is 0 Å². The van der Waals surface area contributed by atoms with E-state index in [-0.39, 0.29) is 28.3 Å². The van der Waals surface area contributed by atoms with Gasteiger partial charge in [0.2, 0.25) is 5.75 Å². The van der Waals surface area contributed by atoms with Crippen molar-refractivity contribution in [3.05, 3.63) is 52.1 Å². The first-order valence-electron chi connectivity index (χ1n) is 6.21. The minimum absolute atomic E-state index is 0.000130. The van der Waals surface area contributed by atoms with Crippen molar-refractivity contribution in [1.82, 2.24) is 9.97 Å². The number of rotatable bonds is 4. The molecule has 2 aromatic rings. The van der Waals surface area contributed by atoms with E-state index in [2.05, 4.69) is 9.97 Å². The molecule has 23 heavy (non-hydrogen) atoms. The maximum absolute atomic E-state index is 11.0. The molecular formula is C14H11N5O4. The van der Waals surface area contributed by atoms with E-state index in [9.17, 15) is 20.5 Å². The zero-order chi connectivity index (χ0) is 17.0. The van der Waals surface area contributed by atoms with Gasteiger partial charge in [-0.25, -0.2) is 0 Å². The van der Waals surface area contributed by atoms with Crippen LogP contribution in [0.4, 0.5) is 5.69 Å². The Kier molecular flexibility index (Phi) is 4.37. The first-order chi connectivity index (χ1) is 11.0. The molecular weight excluding hydrogens is 302 g/mol. The van der Waals surface area contributed by atoms with E-state index in [4.69, 9.17) is 10.5 Å². The molecule has 0 atom stereocenters. The zero-order valence-electron chi connectivity index (χ0n) is 11.9. The average molecular weight is 313 g/mol. The van der Waals surface area contributed by atoms with Gasteiger partial charge < -0.3 is 15.6 Å². The van der Waals surface area contributed by atoms with Gasteiger partial charge in [-0.15, -0.1) is 0 Å². The highest BCUT2D eigenvalue weighted by atomic mass is 16.6. The van der Waals surface area contributed by atoms with Gasteiger partial charge in [0, 0.05) is 24.0 Å². The quantitative estimate of drug-likeness (QED) is 0.489. The normalized spacial score (nSPS) is 11.3. The number of nitrogens with two attached hydrogens (primary N) is 1. The van der Waals surface area contributed by atoms with Crippen LogP contribution in [0.3, 0.4) is 0 Å². The smallest absolute Gasteiger partial charge is 0.315 e. The van der Waals surface area contributed by atoms with Crippen LogP contribution in [0.5, 0.6) is 11.5 Å². The largest absolute Gasteiger partial charge is 0.500 e. The van der Waals surface area contributed by atoms with E-state index in [1.54, 1.807) is 0 Å². The number of allylic oxidation sites excluding steroid dienone is 1. The monoisotopic (exact) mass is 313 g/mol. The molecule has 3 N–H and O–H groups in total. The standard InChI is InChI=1S/C14H11N5O4/c1-23-12-5-8(4-11(14(12)20)19(21)22)13(16)9(6-15)10-7-17-2-3-18-10/h2-5,7,20H,16H2,1H3/b13-9-. The summed E-state index contributed by atoms with van der Waals surface area (Å²) >= 11 is 0. The van der Waals surface area contributed by atoms with Gasteiger partial charge in [-0.3, -0.25) is 20.1 Å². The molecule has 0 unspecified atom stereocenters. The Balaban J connectivity index is 2.69. The van der Waals surface area contributed by atoms with Crippen LogP contribution in [0.1, 0.15) is 11.3 Å². The molecule has 2 rings (SSSR count). The lowest BCUT2D eigenvalue weighted by Crippen LogP contribution is -2.04. The number of ether oxygens (including phenoxy) is 1. The Morgan fingerprint density at radius 3 is 2.74 bits per heavy atom. The number of hydrogen-bond donors (Lipinski definition) is 2. The third-order valence-corrected chi connectivity index (χ3v) is 2.98. The van der Waals surface area contributed by atoms with Crippen LogP contribution in [-0.4, -0.2) is 27.1 Å². The molecule has 9 nitrogen and oxygen atoms in total. The lowest BCUT2D eigenvalue weighted by atomic mass is 10.0. The van der Waals surface area contributed by atoms with E-state index >= 15 is 0 Å². The number of phenols is 1. The van der Waals surface area contributed by atoms with E-state index < -0.39 is 16.4 Å². The van der Waals surface area contributed by atoms with Crippen molar-refractivity contribution >= 4 is 17.0 Å². The van der Waals surface area contributed by atoms with Crippen molar-refractivity contribution in [2.75, 3.05) is 7.11 Å². The summed E-state index contributed by atoms with van der Waals surface area (Å²) in [6.45, 7) is 0. The SMILES string of the molecule is COc1cc(/C(N)=C(\C#N)c2cnccn2)cc([N+](=O)[O-])c1O. The lowest BCUT2D eigenvalue weighted by molar-refractivity contribution is -0.386. The summed E-state index contributed by atoms with van der Waals surface area (Å²) in [5.74, 6) is -0.749. The molecule has 0 bridgehead atoms. The molecule has 1 heterocycles. The van der Waals surface area contributed by atoms with Crippen LogP contribution < -0.4 is 10.5 Å². The highest BCUT2D eigenvalue weighted by Crippen LogP contribution is 2.38. The molecule has 1 aromatic carbocycles. The van der Waals surface area contributed by atoms with Crippen molar-refractivity contribution in [3.8, 4) is 17.6 Å². The van der Waals surface area contributed by atoms with Crippen LogP contribution in [-0.2, 0) is 0 Å². The van der Waals surface area contributed by atoms with Crippen molar-refractivity contribution < 1.29 is 14.8 Å². The lowest BCUT2D eigenvalue weighted by Gasteiger charge is -2.09. The topological polar surface area (TPSA) is 148 Å². The predicted octanol–water partition coefficient (Wildman–Crippen LogP) is 1.45. The molecule has 0 fully saturated rings. The fourth-order valence-electron chi connectivity index (χ4n) is 1.87.